The van der Waals surface area contributed by atoms with Crippen LogP contribution < -0.4 is 0 Å². The molecule has 0 atom stereocenters. The molecule has 0 aliphatic rings. The summed E-state index contributed by atoms with van der Waals surface area (Å²) in [6, 6.07) is 3.07. The number of hydrogen-bond donors (Lipinski definition) is 0. The molecule has 0 aromatic rings. The Morgan fingerprint density at radius 2 is 1.75 bits per heavy atom. The van der Waals surface area contributed by atoms with Crippen LogP contribution in [0.5, 0.6) is 0 Å². The van der Waals surface area contributed by atoms with Crippen molar-refractivity contribution in [3.05, 3.63) is 0 Å². The summed E-state index contributed by atoms with van der Waals surface area (Å²) < 4.78 is 0. The fourth-order valence-electron chi connectivity index (χ4n) is 0.500. The van der Waals surface area contributed by atoms with Crippen LogP contribution in [0.2, 0.25) is 38.3 Å². The normalized spacial score (nSPS) is 10.1. The molecule has 0 bridgehead atoms. The second-order valence-corrected chi connectivity index (χ2v) is 8.74. The quantitative estimate of drug-likeness (QED) is 0.534. The highest BCUT2D eigenvalue weighted by molar-refractivity contribution is 6.61. The highest BCUT2D eigenvalue weighted by Gasteiger charge is 2.05. The van der Waals surface area contributed by atoms with Crippen LogP contribution in [0.4, 0.5) is 0 Å². The van der Waals surface area contributed by atoms with E-state index in [1.54, 1.807) is 0 Å². The molecule has 0 unspecified atom stereocenters. The second-order valence-electron chi connectivity index (χ2n) is 2.91. The lowest BCUT2D eigenvalue weighted by atomic mass is 10.9. The molecule has 0 nitrogen and oxygen atoms in total. The van der Waals surface area contributed by atoms with Crippen molar-refractivity contribution >= 4 is 17.6 Å². The molecule has 0 fully saturated rings. The van der Waals surface area contributed by atoms with Gasteiger partial charge in [-0.05, 0) is 0 Å². The van der Waals surface area contributed by atoms with Gasteiger partial charge in [0.2, 0.25) is 0 Å². The van der Waals surface area contributed by atoms with Gasteiger partial charge in [-0.15, -0.1) is 0 Å². The Morgan fingerprint density at radius 1 is 1.25 bits per heavy atom. The van der Waals surface area contributed by atoms with Crippen molar-refractivity contribution in [2.45, 2.75) is 38.3 Å². The van der Waals surface area contributed by atoms with Crippen molar-refractivity contribution in [3.8, 4) is 0 Å². The molecule has 0 saturated carbocycles. The highest BCUT2D eigenvalue weighted by Crippen LogP contribution is 2.01. The fourth-order valence-corrected chi connectivity index (χ4v) is 4.50. The van der Waals surface area contributed by atoms with Crippen LogP contribution in [-0.4, -0.2) is 17.6 Å². The lowest BCUT2D eigenvalue weighted by molar-refractivity contribution is 1.35. The van der Waals surface area contributed by atoms with E-state index in [9.17, 15) is 0 Å². The van der Waals surface area contributed by atoms with Crippen LogP contribution in [0.15, 0.2) is 0 Å². The lowest BCUT2D eigenvalue weighted by Crippen LogP contribution is -2.05. The molecule has 0 N–H and O–H groups in total. The summed E-state index contributed by atoms with van der Waals surface area (Å²) in [7, 11) is 0.191. The molecule has 0 aromatic heterocycles. The first-order valence-corrected chi connectivity index (χ1v) is 8.62. The molecular weight excluding hydrogens is 128 g/mol. The van der Waals surface area contributed by atoms with Crippen LogP contribution in [0.25, 0.3) is 0 Å². The summed E-state index contributed by atoms with van der Waals surface area (Å²) in [5.74, 6) is 0. The molecule has 0 heterocycles. The molecule has 2 heteroatoms. The van der Waals surface area contributed by atoms with Crippen LogP contribution in [-0.2, 0) is 0 Å². The predicted molar refractivity (Wildman–Crippen MR) is 44.6 cm³/mol. The van der Waals surface area contributed by atoms with Gasteiger partial charge in [-0.1, -0.05) is 0 Å². The Kier molecular flexibility index (Phi) is 4.56. The molecule has 0 aliphatic heterocycles. The predicted octanol–water partition coefficient (Wildman–Crippen LogP) is 2.50. The Morgan fingerprint density at radius 3 is 1.88 bits per heavy atom. The van der Waals surface area contributed by atoms with E-state index < -0.39 is 0 Å². The highest BCUT2D eigenvalue weighted by atomic mass is 28.3. The van der Waals surface area contributed by atoms with Gasteiger partial charge in [0.05, 0.1) is 13.1 Å². The van der Waals surface area contributed by atoms with Crippen LogP contribution in [0, 0.1) is 0 Å². The minimum Gasteiger partial charge on any atom is -0.264 e. The first-order chi connectivity index (χ1) is 3.63. The van der Waals surface area contributed by atoms with E-state index in [2.05, 4.69) is 26.2 Å². The molecule has 0 aromatic carbocycles. The number of hydrogen-bond acceptors (Lipinski definition) is 0. The minimum atomic E-state index is 0.0957. The maximum Gasteiger partial charge on any atom is 0.304 e. The summed E-state index contributed by atoms with van der Waals surface area (Å²) in [5.41, 5.74) is 0. The van der Waals surface area contributed by atoms with E-state index in [-0.39, 0.29) is 17.6 Å². The summed E-state index contributed by atoms with van der Waals surface area (Å²) in [6.07, 6.45) is 0. The van der Waals surface area contributed by atoms with Crippen molar-refractivity contribution in [2.75, 3.05) is 0 Å². The summed E-state index contributed by atoms with van der Waals surface area (Å²) in [5, 5.41) is 0. The van der Waals surface area contributed by atoms with E-state index in [0.29, 0.717) is 0 Å². The largest absolute Gasteiger partial charge is 0.304 e. The van der Waals surface area contributed by atoms with Crippen molar-refractivity contribution in [2.24, 2.45) is 0 Å². The van der Waals surface area contributed by atoms with Gasteiger partial charge in [-0.25, -0.2) is 0 Å². The molecule has 0 radical (unpaired) electrons. The van der Waals surface area contributed by atoms with Crippen molar-refractivity contribution in [1.82, 2.24) is 0 Å². The third-order valence-corrected chi connectivity index (χ3v) is 4.12. The van der Waals surface area contributed by atoms with Crippen LogP contribution >= 0.6 is 0 Å². The number of rotatable bonds is 3. The maximum atomic E-state index is 2.40. The summed E-state index contributed by atoms with van der Waals surface area (Å²) in [6.45, 7) is 9.59. The summed E-state index contributed by atoms with van der Waals surface area (Å²) >= 11 is 0. The van der Waals surface area contributed by atoms with Gasteiger partial charge >= 0.3 is 8.80 Å². The van der Waals surface area contributed by atoms with E-state index >= 15 is 0 Å². The molecule has 0 saturated heterocycles. The zero-order valence-corrected chi connectivity index (χ0v) is 8.41. The second kappa shape index (κ2) is 4.33. The van der Waals surface area contributed by atoms with Crippen LogP contribution in [0.3, 0.4) is 0 Å². The minimum absolute atomic E-state index is 0.0957. The van der Waals surface area contributed by atoms with Gasteiger partial charge in [-0.2, -0.15) is 19.1 Å². The van der Waals surface area contributed by atoms with Gasteiger partial charge in [0.15, 0.2) is 0 Å². The Hall–Kier alpha value is 0.434. The van der Waals surface area contributed by atoms with E-state index in [0.717, 1.165) is 0 Å². The average molecular weight is 144 g/mol. The van der Waals surface area contributed by atoms with Crippen molar-refractivity contribution < 1.29 is 0 Å². The third kappa shape index (κ3) is 6.43. The zero-order chi connectivity index (χ0) is 6.57. The molecule has 0 rings (SSSR count). The van der Waals surface area contributed by atoms with Gasteiger partial charge in [0, 0.05) is 6.04 Å². The molecule has 0 spiro atoms. The Bertz CT molecular complexity index is 42.5. The first kappa shape index (κ1) is 8.43. The zero-order valence-electron chi connectivity index (χ0n) is 6.41. The lowest BCUT2D eigenvalue weighted by Gasteiger charge is -2.10. The molecule has 48 valence electrons. The topological polar surface area (TPSA) is 0 Å². The van der Waals surface area contributed by atoms with Gasteiger partial charge < -0.3 is 0 Å². The smallest absolute Gasteiger partial charge is 0.264 e. The van der Waals surface area contributed by atoms with Crippen molar-refractivity contribution in [1.29, 1.82) is 0 Å². The SMILES string of the molecule is C[Si+](C)CC[Si-](C)C. The average Bonchev–Trinajstić information content (AvgIpc) is 1.61. The molecule has 8 heavy (non-hydrogen) atoms. The third-order valence-electron chi connectivity index (χ3n) is 1.12. The van der Waals surface area contributed by atoms with E-state index in [1.807, 2.05) is 0 Å². The Balaban J connectivity index is 2.93. The van der Waals surface area contributed by atoms with E-state index in [1.165, 1.54) is 12.1 Å². The Labute approximate surface area is 56.5 Å². The van der Waals surface area contributed by atoms with Crippen LogP contribution in [0.1, 0.15) is 0 Å². The van der Waals surface area contributed by atoms with Gasteiger partial charge in [-0.3, -0.25) is 8.80 Å². The molecule has 0 amide bonds. The fraction of sp³-hybridized carbons (Fsp3) is 1.00. The maximum absolute atomic E-state index is 2.40. The van der Waals surface area contributed by atoms with Crippen molar-refractivity contribution in [3.63, 3.8) is 0 Å². The standard InChI is InChI=1S/C6H16Si2/c1-7(2)5-6-8(3)4/h5-6H2,1-4H3. The van der Waals surface area contributed by atoms with Gasteiger partial charge in [0.25, 0.3) is 0 Å². The van der Waals surface area contributed by atoms with Gasteiger partial charge in [0.1, 0.15) is 0 Å². The van der Waals surface area contributed by atoms with E-state index in [4.69, 9.17) is 0 Å². The molecular formula is C6H16Si2. The molecule has 0 aliphatic carbocycles. The first-order valence-electron chi connectivity index (χ1n) is 3.21. The monoisotopic (exact) mass is 144 g/mol. The summed E-state index contributed by atoms with van der Waals surface area (Å²) in [4.78, 5) is 0.